The zero-order valence-electron chi connectivity index (χ0n) is 20.0. The molecule has 2 rings (SSSR count). The van der Waals surface area contributed by atoms with Gasteiger partial charge in [-0.25, -0.2) is 0 Å². The summed E-state index contributed by atoms with van der Waals surface area (Å²) in [6.07, 6.45) is 5.19. The van der Waals surface area contributed by atoms with Crippen LogP contribution in [-0.2, 0) is 14.0 Å². The van der Waals surface area contributed by atoms with Gasteiger partial charge in [0.05, 0.1) is 32.5 Å². The Labute approximate surface area is 183 Å². The van der Waals surface area contributed by atoms with Crippen LogP contribution in [0, 0.1) is 6.92 Å². The van der Waals surface area contributed by atoms with Gasteiger partial charge in [-0.05, 0) is 55.6 Å². The standard InChI is InChI=1S/C24H40O5Si/c1-17-21(26-5)15-18(16-22(17)27-6)23(29-30(7,8)24(2,3)4)20(13-14-25)28-19-11-9-10-12-19/h14-16,19-20,23H,9-13H2,1-8H3/t20-,23+/m0/s1. The predicted molar refractivity (Wildman–Crippen MR) is 123 cm³/mol. The Bertz CT molecular complexity index is 679. The number of hydrogen-bond donors (Lipinski definition) is 0. The topological polar surface area (TPSA) is 54.0 Å². The van der Waals surface area contributed by atoms with Crippen LogP contribution >= 0.6 is 0 Å². The molecule has 170 valence electrons. The molecule has 0 unspecified atom stereocenters. The van der Waals surface area contributed by atoms with Crippen molar-refractivity contribution in [2.45, 2.75) is 96.2 Å². The number of carbonyl (C=O) groups is 1. The molecule has 1 aromatic carbocycles. The molecular weight excluding hydrogens is 396 g/mol. The molecule has 1 saturated carbocycles. The van der Waals surface area contributed by atoms with Crippen molar-refractivity contribution in [2.75, 3.05) is 14.2 Å². The molecule has 0 bridgehead atoms. The highest BCUT2D eigenvalue weighted by Crippen LogP contribution is 2.43. The van der Waals surface area contributed by atoms with E-state index in [1.165, 1.54) is 12.8 Å². The van der Waals surface area contributed by atoms with Crippen molar-refractivity contribution in [3.05, 3.63) is 23.3 Å². The molecule has 0 radical (unpaired) electrons. The monoisotopic (exact) mass is 436 g/mol. The third-order valence-corrected chi connectivity index (χ3v) is 11.1. The third kappa shape index (κ3) is 5.86. The first-order valence-electron chi connectivity index (χ1n) is 11.0. The number of carbonyl (C=O) groups excluding carboxylic acids is 1. The maximum absolute atomic E-state index is 11.6. The lowest BCUT2D eigenvalue weighted by Gasteiger charge is -2.42. The Morgan fingerprint density at radius 2 is 1.63 bits per heavy atom. The number of ether oxygens (including phenoxy) is 3. The average Bonchev–Trinajstić information content (AvgIpc) is 3.18. The summed E-state index contributed by atoms with van der Waals surface area (Å²) in [6.45, 7) is 13.1. The van der Waals surface area contributed by atoms with E-state index in [1.54, 1.807) is 14.2 Å². The van der Waals surface area contributed by atoms with E-state index in [2.05, 4.69) is 33.9 Å². The smallest absolute Gasteiger partial charge is 0.193 e. The van der Waals surface area contributed by atoms with Crippen LogP contribution in [0.3, 0.4) is 0 Å². The predicted octanol–water partition coefficient (Wildman–Crippen LogP) is 5.99. The Balaban J connectivity index is 2.52. The van der Waals surface area contributed by atoms with Crippen LogP contribution in [0.5, 0.6) is 11.5 Å². The number of rotatable bonds is 10. The normalized spacial score (nSPS) is 17.6. The molecule has 0 spiro atoms. The minimum atomic E-state index is -2.14. The van der Waals surface area contributed by atoms with Gasteiger partial charge in [0.25, 0.3) is 0 Å². The molecule has 0 aromatic heterocycles. The van der Waals surface area contributed by atoms with Crippen molar-refractivity contribution in [1.82, 2.24) is 0 Å². The molecule has 1 aliphatic carbocycles. The van der Waals surface area contributed by atoms with E-state index in [9.17, 15) is 4.79 Å². The fraction of sp³-hybridized carbons (Fsp3) is 0.708. The van der Waals surface area contributed by atoms with Gasteiger partial charge in [0, 0.05) is 12.0 Å². The highest BCUT2D eigenvalue weighted by atomic mass is 28.4. The van der Waals surface area contributed by atoms with Crippen LogP contribution in [0.2, 0.25) is 18.1 Å². The van der Waals surface area contributed by atoms with E-state index >= 15 is 0 Å². The van der Waals surface area contributed by atoms with Crippen LogP contribution in [0.15, 0.2) is 12.1 Å². The highest BCUT2D eigenvalue weighted by Gasteiger charge is 2.42. The first-order chi connectivity index (χ1) is 14.0. The largest absolute Gasteiger partial charge is 0.496 e. The Morgan fingerprint density at radius 3 is 2.07 bits per heavy atom. The summed E-state index contributed by atoms with van der Waals surface area (Å²) in [5, 5.41) is 0.0310. The average molecular weight is 437 g/mol. The minimum absolute atomic E-state index is 0.0310. The second kappa shape index (κ2) is 10.3. The van der Waals surface area contributed by atoms with Crippen LogP contribution in [-0.4, -0.2) is 41.0 Å². The Kier molecular flexibility index (Phi) is 8.54. The van der Waals surface area contributed by atoms with E-state index in [4.69, 9.17) is 18.6 Å². The molecule has 0 saturated heterocycles. The molecule has 1 fully saturated rings. The van der Waals surface area contributed by atoms with Gasteiger partial charge < -0.3 is 23.4 Å². The van der Waals surface area contributed by atoms with E-state index in [-0.39, 0.29) is 23.4 Å². The molecule has 30 heavy (non-hydrogen) atoms. The summed E-state index contributed by atoms with van der Waals surface area (Å²) in [6, 6.07) is 4.01. The fourth-order valence-electron chi connectivity index (χ4n) is 3.74. The van der Waals surface area contributed by atoms with Crippen molar-refractivity contribution in [3.63, 3.8) is 0 Å². The Hall–Kier alpha value is -1.37. The van der Waals surface area contributed by atoms with E-state index in [0.717, 1.165) is 41.8 Å². The van der Waals surface area contributed by atoms with Crippen molar-refractivity contribution in [3.8, 4) is 11.5 Å². The lowest BCUT2D eigenvalue weighted by Crippen LogP contribution is -2.45. The van der Waals surface area contributed by atoms with Crippen LogP contribution in [0.4, 0.5) is 0 Å². The molecule has 6 heteroatoms. The summed E-state index contributed by atoms with van der Waals surface area (Å²) in [5.41, 5.74) is 1.88. The lowest BCUT2D eigenvalue weighted by molar-refractivity contribution is -0.117. The molecule has 1 aliphatic rings. The van der Waals surface area contributed by atoms with Crippen LogP contribution < -0.4 is 9.47 Å². The van der Waals surface area contributed by atoms with Crippen molar-refractivity contribution < 1.29 is 23.4 Å². The first-order valence-corrected chi connectivity index (χ1v) is 13.9. The van der Waals surface area contributed by atoms with Crippen LogP contribution in [0.1, 0.15) is 70.1 Å². The summed E-state index contributed by atoms with van der Waals surface area (Å²) < 4.78 is 24.6. The highest BCUT2D eigenvalue weighted by molar-refractivity contribution is 6.74. The SMILES string of the molecule is COc1cc([C@@H](O[Si](C)(C)C(C)(C)C)[C@H](CC=O)OC2CCCC2)cc(OC)c1C. The van der Waals surface area contributed by atoms with Crippen molar-refractivity contribution in [1.29, 1.82) is 0 Å². The second-order valence-electron chi connectivity index (χ2n) is 9.83. The van der Waals surface area contributed by atoms with Gasteiger partial charge in [-0.15, -0.1) is 0 Å². The maximum Gasteiger partial charge on any atom is 0.193 e. The zero-order valence-corrected chi connectivity index (χ0v) is 21.0. The van der Waals surface area contributed by atoms with E-state index in [0.29, 0.717) is 6.42 Å². The summed E-state index contributed by atoms with van der Waals surface area (Å²) in [7, 11) is 1.18. The number of benzene rings is 1. The van der Waals surface area contributed by atoms with Gasteiger partial charge in [-0.3, -0.25) is 0 Å². The van der Waals surface area contributed by atoms with Crippen LogP contribution in [0.25, 0.3) is 0 Å². The van der Waals surface area contributed by atoms with Crippen molar-refractivity contribution in [2.24, 2.45) is 0 Å². The number of methoxy groups -OCH3 is 2. The van der Waals surface area contributed by atoms with Gasteiger partial charge >= 0.3 is 0 Å². The molecule has 2 atom stereocenters. The molecule has 0 aliphatic heterocycles. The third-order valence-electron chi connectivity index (χ3n) is 6.67. The first kappa shape index (κ1) is 24.9. The Morgan fingerprint density at radius 1 is 1.10 bits per heavy atom. The molecule has 0 heterocycles. The summed E-state index contributed by atoms with van der Waals surface area (Å²) in [5.74, 6) is 1.50. The zero-order chi connectivity index (χ0) is 22.5. The number of hydrogen-bond acceptors (Lipinski definition) is 5. The minimum Gasteiger partial charge on any atom is -0.496 e. The second-order valence-corrected chi connectivity index (χ2v) is 14.6. The molecule has 0 N–H and O–H groups in total. The molecule has 1 aromatic rings. The summed E-state index contributed by atoms with van der Waals surface area (Å²) >= 11 is 0. The fourth-order valence-corrected chi connectivity index (χ4v) is 5.02. The molecular formula is C24H40O5Si. The van der Waals surface area contributed by atoms with Gasteiger partial charge in [0.1, 0.15) is 17.8 Å². The number of aldehydes is 1. The van der Waals surface area contributed by atoms with Gasteiger partial charge in [-0.2, -0.15) is 0 Å². The lowest BCUT2D eigenvalue weighted by atomic mass is 9.99. The van der Waals surface area contributed by atoms with Gasteiger partial charge in [0.2, 0.25) is 0 Å². The van der Waals surface area contributed by atoms with Gasteiger partial charge in [0.15, 0.2) is 8.32 Å². The quantitative estimate of drug-likeness (QED) is 0.333. The van der Waals surface area contributed by atoms with Gasteiger partial charge in [-0.1, -0.05) is 33.6 Å². The molecule has 0 amide bonds. The maximum atomic E-state index is 11.6. The van der Waals surface area contributed by atoms with E-state index in [1.807, 2.05) is 19.1 Å². The summed E-state index contributed by atoms with van der Waals surface area (Å²) in [4.78, 5) is 11.6. The molecule has 5 nitrogen and oxygen atoms in total. The van der Waals surface area contributed by atoms with E-state index < -0.39 is 8.32 Å². The van der Waals surface area contributed by atoms with Crippen molar-refractivity contribution >= 4 is 14.6 Å².